The number of phenols is 1. The first-order valence-electron chi connectivity index (χ1n) is 10.8. The zero-order valence-electron chi connectivity index (χ0n) is 18.3. The fraction of sp³-hybridized carbons (Fsp3) is 0.192. The fourth-order valence-corrected chi connectivity index (χ4v) is 3.73. The summed E-state index contributed by atoms with van der Waals surface area (Å²) in [5.74, 6) is 0.804. The number of methoxy groups -OCH3 is 1. The molecule has 0 saturated heterocycles. The Labute approximate surface area is 191 Å². The number of aromatic amines is 1. The molecule has 4 aromatic rings. The molecule has 1 atom stereocenters. The monoisotopic (exact) mass is 445 g/mol. The number of phenolic OH excluding ortho intramolecular Hbond substituents is 1. The SMILES string of the molecule is COc1ccc(Nc2ccc(CCNC[C@H](O)c3ccc(O)c4[nH]c(=O)ccc34)cc2)cc1. The number of hydrogen-bond acceptors (Lipinski definition) is 6. The standard InChI is InChI=1S/C26H27N3O4/c1-33-20-8-6-19(7-9-20)28-18-4-2-17(3-5-18)14-15-27-16-24(31)21-10-12-23(30)26-22(21)11-13-25(32)29-26/h2-13,24,27-28,30-31H,14-16H2,1H3,(H,29,32)/t24-/m0/s1. The maximum Gasteiger partial charge on any atom is 0.248 e. The molecule has 0 unspecified atom stereocenters. The Bertz CT molecular complexity index is 1270. The van der Waals surface area contributed by atoms with Gasteiger partial charge in [-0.05, 0) is 72.6 Å². The van der Waals surface area contributed by atoms with Crippen LogP contribution in [-0.4, -0.2) is 35.4 Å². The molecule has 7 nitrogen and oxygen atoms in total. The third-order valence-electron chi connectivity index (χ3n) is 5.53. The molecule has 3 aromatic carbocycles. The lowest BCUT2D eigenvalue weighted by molar-refractivity contribution is 0.176. The Morgan fingerprint density at radius 3 is 2.33 bits per heavy atom. The van der Waals surface area contributed by atoms with Gasteiger partial charge in [-0.15, -0.1) is 0 Å². The van der Waals surface area contributed by atoms with Crippen molar-refractivity contribution in [2.45, 2.75) is 12.5 Å². The van der Waals surface area contributed by atoms with Gasteiger partial charge in [-0.25, -0.2) is 0 Å². The average Bonchev–Trinajstić information content (AvgIpc) is 2.84. The van der Waals surface area contributed by atoms with Crippen LogP contribution in [-0.2, 0) is 6.42 Å². The number of benzene rings is 3. The number of H-pyrrole nitrogens is 1. The van der Waals surface area contributed by atoms with E-state index >= 15 is 0 Å². The molecule has 0 spiro atoms. The van der Waals surface area contributed by atoms with Gasteiger partial charge >= 0.3 is 0 Å². The summed E-state index contributed by atoms with van der Waals surface area (Å²) in [5, 5.41) is 27.9. The van der Waals surface area contributed by atoms with Crippen LogP contribution in [0.4, 0.5) is 11.4 Å². The van der Waals surface area contributed by atoms with Crippen LogP contribution in [0.2, 0.25) is 0 Å². The summed E-state index contributed by atoms with van der Waals surface area (Å²) in [5.41, 5.74) is 3.87. The lowest BCUT2D eigenvalue weighted by Crippen LogP contribution is -2.24. The van der Waals surface area contributed by atoms with E-state index in [-0.39, 0.29) is 11.3 Å². The Balaban J connectivity index is 1.29. The lowest BCUT2D eigenvalue weighted by atomic mass is 10.0. The van der Waals surface area contributed by atoms with Crippen LogP contribution in [0.15, 0.2) is 77.6 Å². The number of nitrogens with one attached hydrogen (secondary N) is 3. The second kappa shape index (κ2) is 10.2. The number of aliphatic hydroxyl groups excluding tert-OH is 1. The number of rotatable bonds is 9. The minimum atomic E-state index is -0.768. The molecule has 0 fully saturated rings. The van der Waals surface area contributed by atoms with Crippen LogP contribution >= 0.6 is 0 Å². The maximum atomic E-state index is 11.5. The largest absolute Gasteiger partial charge is 0.506 e. The third kappa shape index (κ3) is 5.52. The van der Waals surface area contributed by atoms with Gasteiger partial charge < -0.3 is 30.6 Å². The summed E-state index contributed by atoms with van der Waals surface area (Å²) in [6.45, 7) is 1.06. The van der Waals surface area contributed by atoms with Crippen LogP contribution in [0.3, 0.4) is 0 Å². The fourth-order valence-electron chi connectivity index (χ4n) is 3.73. The van der Waals surface area contributed by atoms with Gasteiger partial charge in [0, 0.05) is 29.4 Å². The average molecular weight is 446 g/mol. The summed E-state index contributed by atoms with van der Waals surface area (Å²) >= 11 is 0. The molecule has 33 heavy (non-hydrogen) atoms. The van der Waals surface area contributed by atoms with E-state index in [0.29, 0.717) is 29.6 Å². The van der Waals surface area contributed by atoms with E-state index in [9.17, 15) is 15.0 Å². The number of aliphatic hydroxyl groups is 1. The first-order chi connectivity index (χ1) is 16.0. The van der Waals surface area contributed by atoms with Crippen molar-refractivity contribution in [3.63, 3.8) is 0 Å². The van der Waals surface area contributed by atoms with Crippen molar-refractivity contribution in [2.24, 2.45) is 0 Å². The molecule has 0 amide bonds. The summed E-state index contributed by atoms with van der Waals surface area (Å²) in [7, 11) is 1.65. The van der Waals surface area contributed by atoms with Crippen molar-refractivity contribution in [1.29, 1.82) is 0 Å². The molecule has 0 saturated carbocycles. The molecule has 0 aliphatic carbocycles. The van der Waals surface area contributed by atoms with E-state index < -0.39 is 6.10 Å². The number of ether oxygens (including phenoxy) is 1. The number of hydrogen-bond donors (Lipinski definition) is 5. The van der Waals surface area contributed by atoms with Gasteiger partial charge in [0.25, 0.3) is 0 Å². The minimum Gasteiger partial charge on any atom is -0.506 e. The van der Waals surface area contributed by atoms with Crippen molar-refractivity contribution >= 4 is 22.3 Å². The zero-order valence-corrected chi connectivity index (χ0v) is 18.3. The Kier molecular flexibility index (Phi) is 6.92. The van der Waals surface area contributed by atoms with Gasteiger partial charge in [0.1, 0.15) is 11.5 Å². The molecule has 0 radical (unpaired) electrons. The Morgan fingerprint density at radius 2 is 1.64 bits per heavy atom. The highest BCUT2D eigenvalue weighted by Gasteiger charge is 2.13. The lowest BCUT2D eigenvalue weighted by Gasteiger charge is -2.15. The highest BCUT2D eigenvalue weighted by molar-refractivity contribution is 5.87. The molecule has 170 valence electrons. The number of anilines is 2. The van der Waals surface area contributed by atoms with E-state index in [2.05, 4.69) is 27.8 Å². The molecule has 0 aliphatic heterocycles. The van der Waals surface area contributed by atoms with E-state index in [1.54, 1.807) is 19.2 Å². The third-order valence-corrected chi connectivity index (χ3v) is 5.53. The van der Waals surface area contributed by atoms with Gasteiger partial charge in [-0.1, -0.05) is 18.2 Å². The summed E-state index contributed by atoms with van der Waals surface area (Å²) in [6, 6.07) is 22.2. The van der Waals surface area contributed by atoms with Gasteiger partial charge in [0.2, 0.25) is 5.56 Å². The van der Waals surface area contributed by atoms with Crippen LogP contribution in [0.1, 0.15) is 17.2 Å². The molecule has 1 heterocycles. The maximum absolute atomic E-state index is 11.5. The van der Waals surface area contributed by atoms with Gasteiger partial charge in [0.05, 0.1) is 18.7 Å². The van der Waals surface area contributed by atoms with Crippen LogP contribution in [0.5, 0.6) is 11.5 Å². The Morgan fingerprint density at radius 1 is 0.939 bits per heavy atom. The van der Waals surface area contributed by atoms with Crippen molar-refractivity contribution in [1.82, 2.24) is 10.3 Å². The van der Waals surface area contributed by atoms with Crippen molar-refractivity contribution < 1.29 is 14.9 Å². The molecule has 0 aliphatic rings. The highest BCUT2D eigenvalue weighted by atomic mass is 16.5. The molecule has 5 N–H and O–H groups in total. The normalized spacial score (nSPS) is 11.9. The summed E-state index contributed by atoms with van der Waals surface area (Å²) in [4.78, 5) is 14.2. The predicted octanol–water partition coefficient (Wildman–Crippen LogP) is 3.85. The van der Waals surface area contributed by atoms with Crippen molar-refractivity contribution in [3.05, 3.63) is 94.3 Å². The minimum absolute atomic E-state index is 0.0171. The molecule has 1 aromatic heterocycles. The van der Waals surface area contributed by atoms with Crippen LogP contribution in [0.25, 0.3) is 10.9 Å². The quantitative estimate of drug-likeness (QED) is 0.251. The first kappa shape index (κ1) is 22.4. The molecular formula is C26H27N3O4. The zero-order chi connectivity index (χ0) is 23.2. The van der Waals surface area contributed by atoms with Crippen LogP contribution < -0.4 is 20.9 Å². The number of pyridine rings is 1. The summed E-state index contributed by atoms with van der Waals surface area (Å²) < 4.78 is 5.18. The second-order valence-corrected chi connectivity index (χ2v) is 7.81. The van der Waals surface area contributed by atoms with E-state index in [0.717, 1.165) is 23.5 Å². The first-order valence-corrected chi connectivity index (χ1v) is 10.8. The van der Waals surface area contributed by atoms with Gasteiger partial charge in [-0.2, -0.15) is 0 Å². The Hall–Kier alpha value is -3.81. The smallest absolute Gasteiger partial charge is 0.248 e. The molecule has 7 heteroatoms. The number of fused-ring (bicyclic) bond motifs is 1. The van der Waals surface area contributed by atoms with Crippen LogP contribution in [0, 0.1) is 0 Å². The molecular weight excluding hydrogens is 418 g/mol. The van der Waals surface area contributed by atoms with Gasteiger partial charge in [0.15, 0.2) is 0 Å². The molecule has 4 rings (SSSR count). The van der Waals surface area contributed by atoms with E-state index in [4.69, 9.17) is 4.74 Å². The topological polar surface area (TPSA) is 107 Å². The van der Waals surface area contributed by atoms with E-state index in [1.165, 1.54) is 17.7 Å². The number of aromatic nitrogens is 1. The highest BCUT2D eigenvalue weighted by Crippen LogP contribution is 2.28. The summed E-state index contributed by atoms with van der Waals surface area (Å²) in [6.07, 6.45) is 0.0502. The van der Waals surface area contributed by atoms with Crippen molar-refractivity contribution in [2.75, 3.05) is 25.5 Å². The predicted molar refractivity (Wildman–Crippen MR) is 130 cm³/mol. The van der Waals surface area contributed by atoms with Crippen molar-refractivity contribution in [3.8, 4) is 11.5 Å². The van der Waals surface area contributed by atoms with Gasteiger partial charge in [-0.3, -0.25) is 4.79 Å². The second-order valence-electron chi connectivity index (χ2n) is 7.81. The number of aromatic hydroxyl groups is 1. The van der Waals surface area contributed by atoms with E-state index in [1.807, 2.05) is 36.4 Å². The molecule has 0 bridgehead atoms.